The lowest BCUT2D eigenvalue weighted by atomic mass is 9.98. The van der Waals surface area contributed by atoms with Crippen molar-refractivity contribution in [3.8, 4) is 0 Å². The highest BCUT2D eigenvalue weighted by molar-refractivity contribution is 5.77. The van der Waals surface area contributed by atoms with Gasteiger partial charge in [0.1, 0.15) is 6.04 Å². The summed E-state index contributed by atoms with van der Waals surface area (Å²) in [4.78, 5) is 11.2. The highest BCUT2D eigenvalue weighted by Gasteiger charge is 2.42. The van der Waals surface area contributed by atoms with Crippen LogP contribution in [-0.4, -0.2) is 35.9 Å². The van der Waals surface area contributed by atoms with Crippen molar-refractivity contribution in [3.05, 3.63) is 0 Å². The number of hydrogen-bond acceptors (Lipinski definition) is 4. The molecule has 12 heavy (non-hydrogen) atoms. The Labute approximate surface area is 71.9 Å². The highest BCUT2D eigenvalue weighted by Crippen LogP contribution is 2.20. The number of rotatable bonds is 2. The average molecular weight is 173 g/mol. The van der Waals surface area contributed by atoms with Gasteiger partial charge in [-0.1, -0.05) is 0 Å². The number of aliphatic hydroxyl groups is 1. The molecule has 2 N–H and O–H groups in total. The second kappa shape index (κ2) is 3.41. The molecule has 2 atom stereocenters. The molecule has 1 aliphatic heterocycles. The molecule has 0 aromatic rings. The third kappa shape index (κ3) is 1.76. The number of nitrogens with one attached hydrogen (secondary N) is 1. The average Bonchev–Trinajstić information content (AvgIpc) is 2.30. The molecule has 0 saturated carbocycles. The third-order valence-electron chi connectivity index (χ3n) is 2.12. The topological polar surface area (TPSA) is 58.6 Å². The number of esters is 1. The summed E-state index contributed by atoms with van der Waals surface area (Å²) in [7, 11) is 0. The maximum atomic E-state index is 11.2. The van der Waals surface area contributed by atoms with Crippen molar-refractivity contribution in [3.63, 3.8) is 0 Å². The van der Waals surface area contributed by atoms with E-state index in [0.717, 1.165) is 0 Å². The van der Waals surface area contributed by atoms with Crippen molar-refractivity contribution < 1.29 is 14.6 Å². The molecule has 4 heteroatoms. The lowest BCUT2D eigenvalue weighted by Gasteiger charge is -2.22. The van der Waals surface area contributed by atoms with Gasteiger partial charge < -0.3 is 15.2 Å². The maximum Gasteiger partial charge on any atom is 0.326 e. The van der Waals surface area contributed by atoms with Gasteiger partial charge in [0.15, 0.2) is 0 Å². The number of carbonyl (C=O) groups is 1. The number of hydrogen-bond donors (Lipinski definition) is 2. The van der Waals surface area contributed by atoms with Crippen LogP contribution in [0.1, 0.15) is 20.3 Å². The molecule has 0 radical (unpaired) electrons. The third-order valence-corrected chi connectivity index (χ3v) is 2.12. The fourth-order valence-electron chi connectivity index (χ4n) is 1.40. The molecular formula is C8H15NO3. The standard InChI is InChI=1S/C8H15NO3/c1-3-12-7(10)6-8(2,11)4-5-9-6/h6,9,11H,3-5H2,1-2H3. The first-order valence-corrected chi connectivity index (χ1v) is 4.20. The largest absolute Gasteiger partial charge is 0.465 e. The van der Waals surface area contributed by atoms with Crippen molar-refractivity contribution in [2.45, 2.75) is 31.9 Å². The van der Waals surface area contributed by atoms with Crippen LogP contribution in [0.3, 0.4) is 0 Å². The lowest BCUT2D eigenvalue weighted by Crippen LogP contribution is -2.47. The monoisotopic (exact) mass is 173 g/mol. The normalized spacial score (nSPS) is 35.1. The molecule has 1 aliphatic rings. The molecule has 70 valence electrons. The van der Waals surface area contributed by atoms with Gasteiger partial charge in [-0.05, 0) is 26.8 Å². The van der Waals surface area contributed by atoms with Gasteiger partial charge >= 0.3 is 5.97 Å². The second-order valence-electron chi connectivity index (χ2n) is 3.25. The molecule has 0 aromatic carbocycles. The molecule has 0 amide bonds. The minimum Gasteiger partial charge on any atom is -0.465 e. The predicted molar refractivity (Wildman–Crippen MR) is 43.7 cm³/mol. The van der Waals surface area contributed by atoms with Crippen LogP contribution in [0.4, 0.5) is 0 Å². The summed E-state index contributed by atoms with van der Waals surface area (Å²) >= 11 is 0. The van der Waals surface area contributed by atoms with Crippen LogP contribution in [-0.2, 0) is 9.53 Å². The summed E-state index contributed by atoms with van der Waals surface area (Å²) < 4.78 is 4.80. The zero-order valence-electron chi connectivity index (χ0n) is 7.46. The minimum atomic E-state index is -0.952. The van der Waals surface area contributed by atoms with E-state index in [1.54, 1.807) is 13.8 Å². The Hall–Kier alpha value is -0.610. The van der Waals surface area contributed by atoms with Crippen LogP contribution >= 0.6 is 0 Å². The fourth-order valence-corrected chi connectivity index (χ4v) is 1.40. The van der Waals surface area contributed by atoms with E-state index >= 15 is 0 Å². The van der Waals surface area contributed by atoms with E-state index in [0.29, 0.717) is 19.6 Å². The van der Waals surface area contributed by atoms with Gasteiger partial charge in [-0.25, -0.2) is 0 Å². The van der Waals surface area contributed by atoms with Crippen molar-refractivity contribution >= 4 is 5.97 Å². The van der Waals surface area contributed by atoms with Crippen molar-refractivity contribution in [1.29, 1.82) is 0 Å². The van der Waals surface area contributed by atoms with Crippen LogP contribution in [0.25, 0.3) is 0 Å². The Kier molecular flexibility index (Phi) is 2.69. The van der Waals surface area contributed by atoms with E-state index in [9.17, 15) is 9.90 Å². The first kappa shape index (κ1) is 9.48. The Morgan fingerprint density at radius 1 is 1.83 bits per heavy atom. The SMILES string of the molecule is CCOC(=O)C1NCCC1(C)O. The van der Waals surface area contributed by atoms with Gasteiger partial charge in [-0.3, -0.25) is 4.79 Å². The van der Waals surface area contributed by atoms with Crippen LogP contribution < -0.4 is 5.32 Å². The number of carbonyl (C=O) groups excluding carboxylic acids is 1. The van der Waals surface area contributed by atoms with E-state index in [1.807, 2.05) is 0 Å². The van der Waals surface area contributed by atoms with Crippen LogP contribution in [0.5, 0.6) is 0 Å². The minimum absolute atomic E-state index is 0.354. The zero-order valence-corrected chi connectivity index (χ0v) is 7.46. The second-order valence-corrected chi connectivity index (χ2v) is 3.25. The van der Waals surface area contributed by atoms with Crippen LogP contribution in [0, 0.1) is 0 Å². The molecule has 0 spiro atoms. The van der Waals surface area contributed by atoms with Gasteiger partial charge in [0.25, 0.3) is 0 Å². The molecule has 0 bridgehead atoms. The molecule has 1 fully saturated rings. The van der Waals surface area contributed by atoms with Crippen LogP contribution in [0.15, 0.2) is 0 Å². The first-order chi connectivity index (χ1) is 5.58. The number of ether oxygens (including phenoxy) is 1. The molecule has 4 nitrogen and oxygen atoms in total. The fraction of sp³-hybridized carbons (Fsp3) is 0.875. The zero-order chi connectivity index (χ0) is 9.19. The Bertz CT molecular complexity index is 179. The maximum absolute atomic E-state index is 11.2. The summed E-state index contributed by atoms with van der Waals surface area (Å²) in [5, 5.41) is 12.6. The van der Waals surface area contributed by atoms with E-state index in [2.05, 4.69) is 5.32 Å². The lowest BCUT2D eigenvalue weighted by molar-refractivity contribution is -0.150. The molecule has 0 aromatic heterocycles. The Morgan fingerprint density at radius 3 is 2.92 bits per heavy atom. The van der Waals surface area contributed by atoms with Crippen LogP contribution in [0.2, 0.25) is 0 Å². The Balaban J connectivity index is 2.56. The summed E-state index contributed by atoms with van der Waals surface area (Å²) in [5.41, 5.74) is -0.952. The summed E-state index contributed by atoms with van der Waals surface area (Å²) in [5.74, 6) is -0.361. The molecular weight excluding hydrogens is 158 g/mol. The summed E-state index contributed by atoms with van der Waals surface area (Å²) in [6.07, 6.45) is 0.594. The van der Waals surface area contributed by atoms with Gasteiger partial charge in [0.2, 0.25) is 0 Å². The van der Waals surface area contributed by atoms with Crippen molar-refractivity contribution in [2.75, 3.05) is 13.2 Å². The van der Waals surface area contributed by atoms with E-state index in [-0.39, 0.29) is 5.97 Å². The quantitative estimate of drug-likeness (QED) is 0.561. The summed E-state index contributed by atoms with van der Waals surface area (Å²) in [6.45, 7) is 4.42. The van der Waals surface area contributed by atoms with E-state index in [4.69, 9.17) is 4.74 Å². The summed E-state index contributed by atoms with van der Waals surface area (Å²) in [6, 6.07) is -0.558. The molecule has 1 rings (SSSR count). The Morgan fingerprint density at radius 2 is 2.50 bits per heavy atom. The first-order valence-electron chi connectivity index (χ1n) is 4.20. The highest BCUT2D eigenvalue weighted by atomic mass is 16.5. The molecule has 1 saturated heterocycles. The van der Waals surface area contributed by atoms with Gasteiger partial charge in [0, 0.05) is 0 Å². The van der Waals surface area contributed by atoms with Gasteiger partial charge in [0.05, 0.1) is 12.2 Å². The molecule has 0 aliphatic carbocycles. The van der Waals surface area contributed by atoms with E-state index < -0.39 is 11.6 Å². The molecule has 2 unspecified atom stereocenters. The van der Waals surface area contributed by atoms with Gasteiger partial charge in [-0.15, -0.1) is 0 Å². The van der Waals surface area contributed by atoms with E-state index in [1.165, 1.54) is 0 Å². The van der Waals surface area contributed by atoms with Gasteiger partial charge in [-0.2, -0.15) is 0 Å². The smallest absolute Gasteiger partial charge is 0.326 e. The van der Waals surface area contributed by atoms with Crippen molar-refractivity contribution in [1.82, 2.24) is 5.32 Å². The predicted octanol–water partition coefficient (Wildman–Crippen LogP) is -0.338. The van der Waals surface area contributed by atoms with Crippen molar-refractivity contribution in [2.24, 2.45) is 0 Å². The molecule has 1 heterocycles.